The average Bonchev–Trinajstić information content (AvgIpc) is 3.15. The van der Waals surface area contributed by atoms with Gasteiger partial charge in [-0.1, -0.05) is 17.7 Å². The molecule has 6 heteroatoms. The summed E-state index contributed by atoms with van der Waals surface area (Å²) in [5.74, 6) is -0.991. The van der Waals surface area contributed by atoms with Gasteiger partial charge in [0.05, 0.1) is 17.4 Å². The molecule has 1 fully saturated rings. The van der Waals surface area contributed by atoms with Gasteiger partial charge in [-0.25, -0.2) is 18.7 Å². The zero-order valence-corrected chi connectivity index (χ0v) is 10.5. The summed E-state index contributed by atoms with van der Waals surface area (Å²) in [6.45, 7) is 0. The maximum Gasteiger partial charge on any atom is 0.222 e. The lowest BCUT2D eigenvalue weighted by Crippen LogP contribution is -2.07. The summed E-state index contributed by atoms with van der Waals surface area (Å²) in [5, 5.41) is 3.60. The van der Waals surface area contributed by atoms with E-state index >= 15 is 0 Å². The molecule has 3 rings (SSSR count). The van der Waals surface area contributed by atoms with E-state index in [2.05, 4.69) is 15.3 Å². The number of rotatable bonds is 3. The van der Waals surface area contributed by atoms with Crippen molar-refractivity contribution in [3.05, 3.63) is 52.8 Å². The van der Waals surface area contributed by atoms with Crippen molar-refractivity contribution in [2.24, 2.45) is 0 Å². The normalized spacial score (nSPS) is 21.2. The molecule has 2 atom stereocenters. The topological polar surface area (TPSA) is 37.8 Å². The number of halogens is 3. The Morgan fingerprint density at radius 2 is 1.89 bits per heavy atom. The van der Waals surface area contributed by atoms with Gasteiger partial charge in [-0.3, -0.25) is 0 Å². The molecule has 0 aliphatic heterocycles. The molecule has 0 spiro atoms. The zero-order valence-electron chi connectivity index (χ0n) is 9.78. The van der Waals surface area contributed by atoms with Crippen LogP contribution < -0.4 is 5.32 Å². The van der Waals surface area contributed by atoms with Crippen molar-refractivity contribution in [3.63, 3.8) is 0 Å². The number of anilines is 1. The van der Waals surface area contributed by atoms with E-state index in [1.54, 1.807) is 6.07 Å². The maximum atomic E-state index is 13.1. The lowest BCUT2D eigenvalue weighted by molar-refractivity contribution is 0.507. The van der Waals surface area contributed by atoms with Crippen LogP contribution in [0.1, 0.15) is 17.9 Å². The molecule has 1 N–H and O–H groups in total. The lowest BCUT2D eigenvalue weighted by Gasteiger charge is -2.04. The third kappa shape index (κ3) is 2.66. The number of hydrogen-bond acceptors (Lipinski definition) is 3. The molecule has 1 heterocycles. The molecule has 3 nitrogen and oxygen atoms in total. The Bertz CT molecular complexity index is 603. The van der Waals surface area contributed by atoms with Crippen LogP contribution in [-0.2, 0) is 0 Å². The Morgan fingerprint density at radius 3 is 2.58 bits per heavy atom. The first kappa shape index (κ1) is 12.3. The fourth-order valence-electron chi connectivity index (χ4n) is 2.02. The molecule has 0 amide bonds. The number of nitrogens with one attached hydrogen (secondary N) is 1. The fraction of sp³-hybridized carbons (Fsp3) is 0.231. The number of nitrogens with zero attached hydrogens (tertiary/aromatic N) is 2. The summed E-state index contributed by atoms with van der Waals surface area (Å²) in [7, 11) is 0. The summed E-state index contributed by atoms with van der Waals surface area (Å²) in [5.41, 5.74) is 0.783. The van der Waals surface area contributed by atoms with Crippen LogP contribution in [0.3, 0.4) is 0 Å². The molecule has 2 aromatic rings. The van der Waals surface area contributed by atoms with Crippen molar-refractivity contribution < 1.29 is 8.78 Å². The standard InChI is InChI=1S/C13H10ClF2N3/c14-8-5-17-13(18-6-8)19-12-4-9(12)7-1-2-10(15)11(16)3-7/h1-3,5-6,9,12H,4H2,(H,17,18,19)/t9-,12+/m1/s1. The predicted octanol–water partition coefficient (Wildman–Crippen LogP) is 3.38. The molecular weight excluding hydrogens is 272 g/mol. The Balaban J connectivity index is 1.67. The quantitative estimate of drug-likeness (QED) is 0.937. The van der Waals surface area contributed by atoms with Gasteiger partial charge >= 0.3 is 0 Å². The Kier molecular flexibility index (Phi) is 3.06. The molecule has 98 valence electrons. The van der Waals surface area contributed by atoms with Crippen molar-refractivity contribution >= 4 is 17.5 Å². The van der Waals surface area contributed by atoms with Crippen molar-refractivity contribution in [3.8, 4) is 0 Å². The van der Waals surface area contributed by atoms with Gasteiger partial charge in [0.2, 0.25) is 5.95 Å². The fourth-order valence-corrected chi connectivity index (χ4v) is 2.12. The Labute approximate surface area is 113 Å². The minimum Gasteiger partial charge on any atom is -0.351 e. The molecule has 0 saturated heterocycles. The molecule has 0 unspecified atom stereocenters. The van der Waals surface area contributed by atoms with E-state index in [9.17, 15) is 8.78 Å². The highest BCUT2D eigenvalue weighted by Crippen LogP contribution is 2.42. The molecule has 1 aliphatic carbocycles. The Hall–Kier alpha value is -1.75. The first-order chi connectivity index (χ1) is 9.13. The van der Waals surface area contributed by atoms with Crippen LogP contribution >= 0.6 is 11.6 Å². The third-order valence-electron chi connectivity index (χ3n) is 3.10. The van der Waals surface area contributed by atoms with Gasteiger partial charge in [-0.2, -0.15) is 0 Å². The maximum absolute atomic E-state index is 13.1. The largest absolute Gasteiger partial charge is 0.351 e. The second kappa shape index (κ2) is 4.74. The summed E-state index contributed by atoms with van der Waals surface area (Å²) >= 11 is 5.69. The van der Waals surface area contributed by atoms with Gasteiger partial charge in [-0.15, -0.1) is 0 Å². The number of hydrogen-bond donors (Lipinski definition) is 1. The van der Waals surface area contributed by atoms with Crippen LogP contribution in [0.4, 0.5) is 14.7 Å². The van der Waals surface area contributed by atoms with Gasteiger partial charge in [0.15, 0.2) is 11.6 Å². The zero-order chi connectivity index (χ0) is 13.4. The molecular formula is C13H10ClF2N3. The van der Waals surface area contributed by atoms with Gasteiger partial charge in [-0.05, 0) is 24.1 Å². The smallest absolute Gasteiger partial charge is 0.222 e. The lowest BCUT2D eigenvalue weighted by atomic mass is 10.1. The average molecular weight is 282 g/mol. The van der Waals surface area contributed by atoms with Gasteiger partial charge < -0.3 is 5.32 Å². The van der Waals surface area contributed by atoms with Gasteiger partial charge in [0, 0.05) is 12.0 Å². The van der Waals surface area contributed by atoms with E-state index in [4.69, 9.17) is 11.6 Å². The highest BCUT2D eigenvalue weighted by atomic mass is 35.5. The van der Waals surface area contributed by atoms with Crippen LogP contribution in [0.25, 0.3) is 0 Å². The first-order valence-corrected chi connectivity index (χ1v) is 6.20. The number of benzene rings is 1. The second-order valence-electron chi connectivity index (χ2n) is 4.49. The number of aromatic nitrogens is 2. The van der Waals surface area contributed by atoms with Crippen LogP contribution in [-0.4, -0.2) is 16.0 Å². The van der Waals surface area contributed by atoms with Crippen molar-refractivity contribution in [1.29, 1.82) is 0 Å². The van der Waals surface area contributed by atoms with Crippen LogP contribution in [0.15, 0.2) is 30.6 Å². The van der Waals surface area contributed by atoms with Crippen molar-refractivity contribution in [2.75, 3.05) is 5.32 Å². The minimum atomic E-state index is -0.824. The molecule has 0 bridgehead atoms. The summed E-state index contributed by atoms with van der Waals surface area (Å²) < 4.78 is 26.0. The van der Waals surface area contributed by atoms with Gasteiger partial charge in [0.1, 0.15) is 0 Å². The molecule has 1 aromatic heterocycles. The van der Waals surface area contributed by atoms with E-state index in [0.29, 0.717) is 11.0 Å². The monoisotopic (exact) mass is 281 g/mol. The third-order valence-corrected chi connectivity index (χ3v) is 3.29. The van der Waals surface area contributed by atoms with Crippen LogP contribution in [0.2, 0.25) is 5.02 Å². The molecule has 19 heavy (non-hydrogen) atoms. The molecule has 1 saturated carbocycles. The van der Waals surface area contributed by atoms with E-state index in [1.165, 1.54) is 18.5 Å². The summed E-state index contributed by atoms with van der Waals surface area (Å²) in [6.07, 6.45) is 3.86. The predicted molar refractivity (Wildman–Crippen MR) is 68.2 cm³/mol. The molecule has 0 radical (unpaired) electrons. The van der Waals surface area contributed by atoms with Crippen LogP contribution in [0.5, 0.6) is 0 Å². The SMILES string of the molecule is Fc1ccc([C@H]2C[C@@H]2Nc2ncc(Cl)cn2)cc1F. The molecule has 1 aliphatic rings. The summed E-state index contributed by atoms with van der Waals surface area (Å²) in [6, 6.07) is 4.14. The van der Waals surface area contributed by atoms with E-state index in [0.717, 1.165) is 18.1 Å². The first-order valence-electron chi connectivity index (χ1n) is 5.82. The van der Waals surface area contributed by atoms with E-state index in [1.807, 2.05) is 0 Å². The van der Waals surface area contributed by atoms with E-state index < -0.39 is 11.6 Å². The van der Waals surface area contributed by atoms with Crippen molar-refractivity contribution in [1.82, 2.24) is 9.97 Å². The Morgan fingerprint density at radius 1 is 1.16 bits per heavy atom. The minimum absolute atomic E-state index is 0.144. The second-order valence-corrected chi connectivity index (χ2v) is 4.93. The van der Waals surface area contributed by atoms with E-state index in [-0.39, 0.29) is 12.0 Å². The van der Waals surface area contributed by atoms with Gasteiger partial charge in [0.25, 0.3) is 0 Å². The highest BCUT2D eigenvalue weighted by Gasteiger charge is 2.39. The molecule has 1 aromatic carbocycles. The van der Waals surface area contributed by atoms with Crippen molar-refractivity contribution in [2.45, 2.75) is 18.4 Å². The van der Waals surface area contributed by atoms with Crippen LogP contribution in [0, 0.1) is 11.6 Å². The highest BCUT2D eigenvalue weighted by molar-refractivity contribution is 6.30. The summed E-state index contributed by atoms with van der Waals surface area (Å²) in [4.78, 5) is 8.06.